The van der Waals surface area contributed by atoms with Crippen molar-refractivity contribution in [3.05, 3.63) is 34.9 Å². The molecule has 0 radical (unpaired) electrons. The lowest BCUT2D eigenvalue weighted by Crippen LogP contribution is -2.42. The second-order valence-corrected chi connectivity index (χ2v) is 3.55. The van der Waals surface area contributed by atoms with Crippen LogP contribution in [0.3, 0.4) is 0 Å². The lowest BCUT2D eigenvalue weighted by atomic mass is 10.0. The molecule has 0 bridgehead atoms. The molecule has 5 nitrogen and oxygen atoms in total. The first-order chi connectivity index (χ1) is 8.06. The van der Waals surface area contributed by atoms with Crippen molar-refractivity contribution in [1.82, 2.24) is 10.9 Å². The van der Waals surface area contributed by atoms with Gasteiger partial charge in [0.25, 0.3) is 5.91 Å². The van der Waals surface area contributed by atoms with Crippen LogP contribution in [0.5, 0.6) is 0 Å². The Hall–Kier alpha value is -2.04. The average molecular weight is 236 g/mol. The van der Waals surface area contributed by atoms with Crippen LogP contribution in [-0.2, 0) is 4.74 Å². The minimum atomic E-state index is -0.675. The number of aryl methyl sites for hydroxylation is 1. The lowest BCUT2D eigenvalue weighted by molar-refractivity contribution is 0.0912. The maximum Gasteiger partial charge on any atom is 0.426 e. The summed E-state index contributed by atoms with van der Waals surface area (Å²) in [6.07, 6.45) is -0.675. The zero-order valence-electron chi connectivity index (χ0n) is 10.2. The third-order valence-corrected chi connectivity index (χ3v) is 2.40. The number of carbonyl (C=O) groups is 2. The Morgan fingerprint density at radius 1 is 1.24 bits per heavy atom. The molecule has 1 aromatic carbocycles. The van der Waals surface area contributed by atoms with Crippen molar-refractivity contribution >= 4 is 12.0 Å². The van der Waals surface area contributed by atoms with Crippen LogP contribution in [0.15, 0.2) is 18.2 Å². The molecule has 0 atom stereocenters. The number of hydrogen-bond acceptors (Lipinski definition) is 3. The molecule has 0 unspecified atom stereocenters. The third kappa shape index (κ3) is 3.48. The molecule has 0 saturated carbocycles. The minimum Gasteiger partial charge on any atom is -0.449 e. The summed E-state index contributed by atoms with van der Waals surface area (Å²) in [5.74, 6) is -0.362. The van der Waals surface area contributed by atoms with Crippen LogP contribution in [0.2, 0.25) is 0 Å². The molecule has 0 aliphatic carbocycles. The van der Waals surface area contributed by atoms with E-state index in [1.807, 2.05) is 19.9 Å². The summed E-state index contributed by atoms with van der Waals surface area (Å²) in [6.45, 7) is 5.72. The molecule has 92 valence electrons. The zero-order valence-corrected chi connectivity index (χ0v) is 10.2. The Labute approximate surface area is 100 Å². The van der Waals surface area contributed by atoms with Gasteiger partial charge >= 0.3 is 6.09 Å². The van der Waals surface area contributed by atoms with Crippen molar-refractivity contribution < 1.29 is 14.3 Å². The maximum atomic E-state index is 11.7. The minimum absolute atomic E-state index is 0.255. The molecule has 5 heteroatoms. The van der Waals surface area contributed by atoms with Crippen LogP contribution in [0.4, 0.5) is 4.79 Å². The number of amides is 2. The van der Waals surface area contributed by atoms with Crippen molar-refractivity contribution in [2.45, 2.75) is 20.8 Å². The fraction of sp³-hybridized carbons (Fsp3) is 0.333. The number of rotatable bonds is 2. The van der Waals surface area contributed by atoms with Gasteiger partial charge in [-0.25, -0.2) is 10.2 Å². The van der Waals surface area contributed by atoms with Gasteiger partial charge in [-0.2, -0.15) is 0 Å². The van der Waals surface area contributed by atoms with Gasteiger partial charge in [-0.1, -0.05) is 12.1 Å². The molecule has 0 heterocycles. The smallest absolute Gasteiger partial charge is 0.426 e. The fourth-order valence-corrected chi connectivity index (χ4v) is 1.34. The first kappa shape index (κ1) is 13.0. The summed E-state index contributed by atoms with van der Waals surface area (Å²) < 4.78 is 4.62. The molecular weight excluding hydrogens is 220 g/mol. The Kier molecular flexibility index (Phi) is 4.51. The molecular formula is C12H16N2O3. The number of hydrogen-bond donors (Lipinski definition) is 2. The molecule has 0 aromatic heterocycles. The van der Waals surface area contributed by atoms with E-state index in [0.717, 1.165) is 11.1 Å². The van der Waals surface area contributed by atoms with Crippen LogP contribution >= 0.6 is 0 Å². The highest BCUT2D eigenvalue weighted by molar-refractivity contribution is 5.96. The van der Waals surface area contributed by atoms with Crippen LogP contribution in [0, 0.1) is 13.8 Å². The quantitative estimate of drug-likeness (QED) is 0.768. The molecule has 0 spiro atoms. The number of nitrogens with one attached hydrogen (secondary N) is 2. The van der Waals surface area contributed by atoms with E-state index in [0.29, 0.717) is 5.56 Å². The van der Waals surface area contributed by atoms with Crippen molar-refractivity contribution in [3.63, 3.8) is 0 Å². The molecule has 2 amide bonds. The zero-order chi connectivity index (χ0) is 12.8. The van der Waals surface area contributed by atoms with Gasteiger partial charge in [0, 0.05) is 5.56 Å². The highest BCUT2D eigenvalue weighted by atomic mass is 16.5. The second kappa shape index (κ2) is 5.89. The maximum absolute atomic E-state index is 11.7. The van der Waals surface area contributed by atoms with Gasteiger partial charge in [-0.15, -0.1) is 0 Å². The number of hydrazine groups is 1. The summed E-state index contributed by atoms with van der Waals surface area (Å²) in [4.78, 5) is 22.7. The topological polar surface area (TPSA) is 67.4 Å². The molecule has 1 aromatic rings. The van der Waals surface area contributed by atoms with Crippen molar-refractivity contribution in [3.8, 4) is 0 Å². The van der Waals surface area contributed by atoms with Crippen molar-refractivity contribution in [1.29, 1.82) is 0 Å². The molecule has 1 rings (SSSR count). The SMILES string of the molecule is CCOC(=O)NNC(=O)c1cccc(C)c1C. The number of ether oxygens (including phenoxy) is 1. The Morgan fingerprint density at radius 3 is 2.59 bits per heavy atom. The average Bonchev–Trinajstić information content (AvgIpc) is 2.30. The van der Waals surface area contributed by atoms with Crippen molar-refractivity contribution in [2.75, 3.05) is 6.61 Å². The summed E-state index contributed by atoms with van der Waals surface area (Å²) in [5.41, 5.74) is 6.89. The predicted molar refractivity (Wildman–Crippen MR) is 63.5 cm³/mol. The van der Waals surface area contributed by atoms with Gasteiger partial charge in [0.05, 0.1) is 6.61 Å². The van der Waals surface area contributed by atoms with Crippen molar-refractivity contribution in [2.24, 2.45) is 0 Å². The first-order valence-electron chi connectivity index (χ1n) is 5.35. The molecule has 0 saturated heterocycles. The third-order valence-electron chi connectivity index (χ3n) is 2.40. The van der Waals surface area contributed by atoms with E-state index in [1.54, 1.807) is 19.1 Å². The highest BCUT2D eigenvalue weighted by Gasteiger charge is 2.10. The molecule has 2 N–H and O–H groups in total. The Morgan fingerprint density at radius 2 is 1.94 bits per heavy atom. The van der Waals surface area contributed by atoms with Gasteiger partial charge in [0.2, 0.25) is 0 Å². The van der Waals surface area contributed by atoms with Gasteiger partial charge < -0.3 is 4.74 Å². The van der Waals surface area contributed by atoms with Crippen LogP contribution < -0.4 is 10.9 Å². The van der Waals surface area contributed by atoms with E-state index in [9.17, 15) is 9.59 Å². The highest BCUT2D eigenvalue weighted by Crippen LogP contribution is 2.11. The van der Waals surface area contributed by atoms with E-state index in [2.05, 4.69) is 15.6 Å². The monoisotopic (exact) mass is 236 g/mol. The Balaban J connectivity index is 2.64. The molecule has 0 aliphatic rings. The molecule has 17 heavy (non-hydrogen) atoms. The summed E-state index contributed by atoms with van der Waals surface area (Å²) in [5, 5.41) is 0. The summed E-state index contributed by atoms with van der Waals surface area (Å²) >= 11 is 0. The van der Waals surface area contributed by atoms with Gasteiger partial charge in [0.15, 0.2) is 0 Å². The van der Waals surface area contributed by atoms with Crippen LogP contribution in [0.25, 0.3) is 0 Å². The lowest BCUT2D eigenvalue weighted by Gasteiger charge is -2.10. The largest absolute Gasteiger partial charge is 0.449 e. The Bertz CT molecular complexity index is 430. The second-order valence-electron chi connectivity index (χ2n) is 3.55. The van der Waals surface area contributed by atoms with E-state index in [1.165, 1.54) is 0 Å². The molecule has 0 aliphatic heterocycles. The fourth-order valence-electron chi connectivity index (χ4n) is 1.34. The summed E-state index contributed by atoms with van der Waals surface area (Å²) in [7, 11) is 0. The van der Waals surface area contributed by atoms with E-state index < -0.39 is 6.09 Å². The van der Waals surface area contributed by atoms with Crippen LogP contribution in [0.1, 0.15) is 28.4 Å². The van der Waals surface area contributed by atoms with E-state index in [4.69, 9.17) is 0 Å². The molecule has 0 fully saturated rings. The van der Waals surface area contributed by atoms with Gasteiger partial charge in [-0.3, -0.25) is 10.2 Å². The summed E-state index contributed by atoms with van der Waals surface area (Å²) in [6, 6.07) is 5.41. The normalized spacial score (nSPS) is 9.59. The van der Waals surface area contributed by atoms with Gasteiger partial charge in [-0.05, 0) is 38.0 Å². The first-order valence-corrected chi connectivity index (χ1v) is 5.35. The number of carbonyl (C=O) groups excluding carboxylic acids is 2. The van der Waals surface area contributed by atoms with E-state index in [-0.39, 0.29) is 12.5 Å². The van der Waals surface area contributed by atoms with Crippen LogP contribution in [-0.4, -0.2) is 18.6 Å². The number of benzene rings is 1. The van der Waals surface area contributed by atoms with E-state index >= 15 is 0 Å². The standard InChI is InChI=1S/C12H16N2O3/c1-4-17-12(16)14-13-11(15)10-7-5-6-8(2)9(10)3/h5-7H,4H2,1-3H3,(H,13,15)(H,14,16). The van der Waals surface area contributed by atoms with Gasteiger partial charge in [0.1, 0.15) is 0 Å². The predicted octanol–water partition coefficient (Wildman–Crippen LogP) is 1.69.